The van der Waals surface area contributed by atoms with E-state index in [0.29, 0.717) is 22.4 Å². The molecular weight excluding hydrogens is 340 g/mol. The van der Waals surface area contributed by atoms with E-state index in [0.717, 1.165) is 0 Å². The first-order valence-corrected chi connectivity index (χ1v) is 8.49. The van der Waals surface area contributed by atoms with Crippen LogP contribution in [0.2, 0.25) is 0 Å². The number of hydrogen-bond acceptors (Lipinski definition) is 4. The van der Waals surface area contributed by atoms with E-state index in [9.17, 15) is 15.0 Å². The lowest BCUT2D eigenvalue weighted by Gasteiger charge is -2.27. The van der Waals surface area contributed by atoms with Gasteiger partial charge in [0.05, 0.1) is 5.71 Å². The number of aliphatic hydroxyl groups is 1. The standard InChI is InChI=1S/C22H20N2O3/c1-16(17-9-8-14-20(25)15-17)23-24-21(26)22(27,18-10-4-2-5-11-18)19-12-6-3-7-13-19/h2-15,25,27H,1H3,(H,24,26). The third kappa shape index (κ3) is 3.88. The molecule has 0 aliphatic heterocycles. The lowest BCUT2D eigenvalue weighted by molar-refractivity contribution is -0.136. The number of nitrogens with zero attached hydrogens (tertiary/aromatic N) is 1. The van der Waals surface area contributed by atoms with Crippen LogP contribution in [0.1, 0.15) is 23.6 Å². The summed E-state index contributed by atoms with van der Waals surface area (Å²) in [6, 6.07) is 24.0. The zero-order valence-electron chi connectivity index (χ0n) is 14.8. The number of phenolic OH excluding ortho intramolecular Hbond substituents is 1. The van der Waals surface area contributed by atoms with Crippen molar-refractivity contribution in [3.05, 3.63) is 102 Å². The molecule has 5 nitrogen and oxygen atoms in total. The highest BCUT2D eigenvalue weighted by atomic mass is 16.3. The van der Waals surface area contributed by atoms with E-state index in [1.165, 1.54) is 0 Å². The summed E-state index contributed by atoms with van der Waals surface area (Å²) in [5.41, 5.74) is 2.63. The second-order valence-corrected chi connectivity index (χ2v) is 6.13. The van der Waals surface area contributed by atoms with Crippen LogP contribution in [0.3, 0.4) is 0 Å². The van der Waals surface area contributed by atoms with Gasteiger partial charge in [0.15, 0.2) is 5.60 Å². The molecular formula is C22H20N2O3. The van der Waals surface area contributed by atoms with Gasteiger partial charge in [-0.05, 0) is 30.2 Å². The minimum Gasteiger partial charge on any atom is -0.508 e. The summed E-state index contributed by atoms with van der Waals surface area (Å²) in [5, 5.41) is 25.0. The monoisotopic (exact) mass is 360 g/mol. The highest BCUT2D eigenvalue weighted by Crippen LogP contribution is 2.29. The predicted molar refractivity (Wildman–Crippen MR) is 104 cm³/mol. The molecule has 0 aromatic heterocycles. The number of nitrogens with one attached hydrogen (secondary N) is 1. The molecule has 3 rings (SSSR count). The molecule has 0 unspecified atom stereocenters. The van der Waals surface area contributed by atoms with Crippen molar-refractivity contribution in [2.24, 2.45) is 5.10 Å². The second-order valence-electron chi connectivity index (χ2n) is 6.13. The van der Waals surface area contributed by atoms with E-state index in [4.69, 9.17) is 0 Å². The van der Waals surface area contributed by atoms with Crippen LogP contribution in [0, 0.1) is 0 Å². The van der Waals surface area contributed by atoms with E-state index in [-0.39, 0.29) is 5.75 Å². The van der Waals surface area contributed by atoms with Crippen molar-refractivity contribution in [3.8, 4) is 5.75 Å². The summed E-state index contributed by atoms with van der Waals surface area (Å²) in [4.78, 5) is 13.0. The smallest absolute Gasteiger partial charge is 0.281 e. The van der Waals surface area contributed by atoms with E-state index in [2.05, 4.69) is 10.5 Å². The van der Waals surface area contributed by atoms with Crippen LogP contribution in [-0.4, -0.2) is 21.8 Å². The molecule has 0 saturated heterocycles. The summed E-state index contributed by atoms with van der Waals surface area (Å²) in [5.74, 6) is -0.558. The average molecular weight is 360 g/mol. The summed E-state index contributed by atoms with van der Waals surface area (Å²) in [6.45, 7) is 1.71. The first-order valence-electron chi connectivity index (χ1n) is 8.49. The normalized spacial score (nSPS) is 11.9. The number of amides is 1. The van der Waals surface area contributed by atoms with Gasteiger partial charge in [-0.15, -0.1) is 0 Å². The third-order valence-corrected chi connectivity index (χ3v) is 4.30. The molecule has 0 heterocycles. The van der Waals surface area contributed by atoms with Gasteiger partial charge < -0.3 is 10.2 Å². The Kier molecular flexibility index (Phi) is 5.33. The first kappa shape index (κ1) is 18.4. The van der Waals surface area contributed by atoms with Crippen molar-refractivity contribution < 1.29 is 15.0 Å². The molecule has 27 heavy (non-hydrogen) atoms. The molecule has 136 valence electrons. The van der Waals surface area contributed by atoms with Crippen LogP contribution >= 0.6 is 0 Å². The highest BCUT2D eigenvalue weighted by molar-refractivity contribution is 6.00. The lowest BCUT2D eigenvalue weighted by atomic mass is 9.85. The van der Waals surface area contributed by atoms with Crippen LogP contribution in [0.4, 0.5) is 0 Å². The van der Waals surface area contributed by atoms with E-state index in [1.54, 1.807) is 79.7 Å². The largest absolute Gasteiger partial charge is 0.508 e. The van der Waals surface area contributed by atoms with Crippen LogP contribution in [0.15, 0.2) is 90.0 Å². The number of hydrazone groups is 1. The van der Waals surface area contributed by atoms with Gasteiger partial charge in [-0.3, -0.25) is 4.79 Å². The minimum atomic E-state index is -1.88. The van der Waals surface area contributed by atoms with Gasteiger partial charge in [-0.2, -0.15) is 5.10 Å². The molecule has 3 aromatic carbocycles. The molecule has 5 heteroatoms. The predicted octanol–water partition coefficient (Wildman–Crippen LogP) is 3.17. The fourth-order valence-electron chi connectivity index (χ4n) is 2.80. The Morgan fingerprint density at radius 3 is 1.96 bits per heavy atom. The van der Waals surface area contributed by atoms with Crippen molar-refractivity contribution >= 4 is 11.6 Å². The Labute approximate surface area is 157 Å². The van der Waals surface area contributed by atoms with Crippen molar-refractivity contribution in [1.82, 2.24) is 5.43 Å². The molecule has 3 aromatic rings. The number of phenols is 1. The second kappa shape index (κ2) is 7.85. The molecule has 3 N–H and O–H groups in total. The lowest BCUT2D eigenvalue weighted by Crippen LogP contribution is -2.43. The number of hydrogen-bond donors (Lipinski definition) is 3. The van der Waals surface area contributed by atoms with E-state index < -0.39 is 11.5 Å². The van der Waals surface area contributed by atoms with Crippen LogP contribution in [0.25, 0.3) is 0 Å². The van der Waals surface area contributed by atoms with Gasteiger partial charge in [0.25, 0.3) is 5.91 Å². The number of benzene rings is 3. The maximum atomic E-state index is 13.0. The quantitative estimate of drug-likeness (QED) is 0.483. The molecule has 0 atom stereocenters. The summed E-state index contributed by atoms with van der Waals surface area (Å²) in [6.07, 6.45) is 0. The zero-order chi connectivity index (χ0) is 19.3. The molecule has 0 fully saturated rings. The Morgan fingerprint density at radius 1 is 0.889 bits per heavy atom. The van der Waals surface area contributed by atoms with Gasteiger partial charge in [-0.1, -0.05) is 72.8 Å². The molecule has 0 spiro atoms. The summed E-state index contributed by atoms with van der Waals surface area (Å²) in [7, 11) is 0. The molecule has 0 saturated carbocycles. The van der Waals surface area contributed by atoms with Crippen molar-refractivity contribution in [2.45, 2.75) is 12.5 Å². The molecule has 0 radical (unpaired) electrons. The van der Waals surface area contributed by atoms with Crippen LogP contribution in [0.5, 0.6) is 5.75 Å². The Hall–Kier alpha value is -3.44. The van der Waals surface area contributed by atoms with Gasteiger partial charge >= 0.3 is 0 Å². The van der Waals surface area contributed by atoms with Gasteiger partial charge in [-0.25, -0.2) is 5.43 Å². The summed E-state index contributed by atoms with van der Waals surface area (Å²) >= 11 is 0. The molecule has 1 amide bonds. The Bertz CT molecular complexity index is 914. The fourth-order valence-corrected chi connectivity index (χ4v) is 2.80. The third-order valence-electron chi connectivity index (χ3n) is 4.30. The fraction of sp³-hybridized carbons (Fsp3) is 0.0909. The van der Waals surface area contributed by atoms with Crippen molar-refractivity contribution in [1.29, 1.82) is 0 Å². The Morgan fingerprint density at radius 2 is 1.44 bits per heavy atom. The van der Waals surface area contributed by atoms with Crippen LogP contribution < -0.4 is 5.43 Å². The van der Waals surface area contributed by atoms with Crippen molar-refractivity contribution in [3.63, 3.8) is 0 Å². The van der Waals surface area contributed by atoms with Crippen LogP contribution in [-0.2, 0) is 10.4 Å². The maximum Gasteiger partial charge on any atom is 0.281 e. The zero-order valence-corrected chi connectivity index (χ0v) is 14.8. The SMILES string of the molecule is CC(=NNC(=O)C(O)(c1ccccc1)c1ccccc1)c1cccc(O)c1. The Balaban J connectivity index is 1.94. The van der Waals surface area contributed by atoms with Gasteiger partial charge in [0.2, 0.25) is 0 Å². The first-order chi connectivity index (χ1) is 13.0. The number of aromatic hydroxyl groups is 1. The summed E-state index contributed by atoms with van der Waals surface area (Å²) < 4.78 is 0. The number of carbonyl (C=O) groups excluding carboxylic acids is 1. The molecule has 0 aliphatic rings. The van der Waals surface area contributed by atoms with E-state index in [1.807, 2.05) is 12.1 Å². The van der Waals surface area contributed by atoms with Gasteiger partial charge in [0, 0.05) is 5.56 Å². The number of carbonyl (C=O) groups is 1. The molecule has 0 aliphatic carbocycles. The molecule has 0 bridgehead atoms. The number of rotatable bonds is 5. The van der Waals surface area contributed by atoms with Gasteiger partial charge in [0.1, 0.15) is 5.75 Å². The van der Waals surface area contributed by atoms with E-state index >= 15 is 0 Å². The maximum absolute atomic E-state index is 13.0. The minimum absolute atomic E-state index is 0.110. The average Bonchev–Trinajstić information content (AvgIpc) is 2.72. The topological polar surface area (TPSA) is 81.9 Å². The highest BCUT2D eigenvalue weighted by Gasteiger charge is 2.39. The van der Waals surface area contributed by atoms with Crippen molar-refractivity contribution in [2.75, 3.05) is 0 Å².